The standard InChI is InChI=1S/C5H8N2O2S2/c1-4-3-5(10-6-4)7-11(2,8)9/h3,7H,1-2H3. The highest BCUT2D eigenvalue weighted by atomic mass is 32.2. The molecule has 0 bridgehead atoms. The molecule has 1 N–H and O–H groups in total. The van der Waals surface area contributed by atoms with Crippen LogP contribution in [0.4, 0.5) is 5.00 Å². The molecule has 0 saturated carbocycles. The summed E-state index contributed by atoms with van der Waals surface area (Å²) in [5.74, 6) is 0. The molecule has 6 heteroatoms. The third-order valence-electron chi connectivity index (χ3n) is 0.914. The minimum absolute atomic E-state index is 0.560. The van der Waals surface area contributed by atoms with E-state index in [4.69, 9.17) is 0 Å². The molecule has 1 aromatic rings. The zero-order valence-corrected chi connectivity index (χ0v) is 7.79. The molecule has 4 nitrogen and oxygen atoms in total. The van der Waals surface area contributed by atoms with Crippen molar-refractivity contribution in [2.45, 2.75) is 6.92 Å². The van der Waals surface area contributed by atoms with E-state index < -0.39 is 10.0 Å². The van der Waals surface area contributed by atoms with Gasteiger partial charge in [0.15, 0.2) is 0 Å². The van der Waals surface area contributed by atoms with Crippen molar-refractivity contribution in [2.75, 3.05) is 11.0 Å². The quantitative estimate of drug-likeness (QED) is 0.754. The molecule has 0 saturated heterocycles. The van der Waals surface area contributed by atoms with E-state index in [1.165, 1.54) is 0 Å². The highest BCUT2D eigenvalue weighted by molar-refractivity contribution is 7.92. The summed E-state index contributed by atoms with van der Waals surface area (Å²) >= 11 is 1.14. The zero-order valence-electron chi connectivity index (χ0n) is 6.16. The maximum Gasteiger partial charge on any atom is 0.230 e. The number of aryl methyl sites for hydroxylation is 1. The molecular weight excluding hydrogens is 184 g/mol. The van der Waals surface area contributed by atoms with Crippen molar-refractivity contribution in [1.29, 1.82) is 0 Å². The minimum Gasteiger partial charge on any atom is -0.273 e. The summed E-state index contributed by atoms with van der Waals surface area (Å²) < 4.78 is 27.6. The number of anilines is 1. The Morgan fingerprint density at radius 1 is 1.64 bits per heavy atom. The fourth-order valence-electron chi connectivity index (χ4n) is 0.594. The Labute approximate surface area is 69.5 Å². The second-order valence-electron chi connectivity index (χ2n) is 2.21. The third kappa shape index (κ3) is 2.85. The highest BCUT2D eigenvalue weighted by Crippen LogP contribution is 2.15. The highest BCUT2D eigenvalue weighted by Gasteiger charge is 2.03. The molecule has 0 fully saturated rings. The molecule has 0 radical (unpaired) electrons. The number of nitrogens with one attached hydrogen (secondary N) is 1. The van der Waals surface area contributed by atoms with Gasteiger partial charge in [-0.2, -0.15) is 4.37 Å². The average molecular weight is 192 g/mol. The van der Waals surface area contributed by atoms with Crippen LogP contribution in [0.25, 0.3) is 0 Å². The monoisotopic (exact) mass is 192 g/mol. The van der Waals surface area contributed by atoms with Gasteiger partial charge in [0.05, 0.1) is 11.9 Å². The summed E-state index contributed by atoms with van der Waals surface area (Å²) in [4.78, 5) is 0. The number of nitrogens with zero attached hydrogens (tertiary/aromatic N) is 1. The second-order valence-corrected chi connectivity index (χ2v) is 4.76. The van der Waals surface area contributed by atoms with E-state index >= 15 is 0 Å². The van der Waals surface area contributed by atoms with Crippen LogP contribution in [0.15, 0.2) is 6.07 Å². The van der Waals surface area contributed by atoms with Crippen LogP contribution in [0.3, 0.4) is 0 Å². The molecule has 11 heavy (non-hydrogen) atoms. The first-order chi connectivity index (χ1) is 4.97. The number of aromatic nitrogens is 1. The summed E-state index contributed by atoms with van der Waals surface area (Å²) in [6, 6.07) is 1.69. The Balaban J connectivity index is 2.81. The maximum absolute atomic E-state index is 10.7. The Hall–Kier alpha value is -0.620. The minimum atomic E-state index is -3.14. The molecule has 0 aliphatic rings. The molecule has 1 rings (SSSR count). The van der Waals surface area contributed by atoms with E-state index in [9.17, 15) is 8.42 Å². The normalized spacial score (nSPS) is 11.5. The Kier molecular flexibility index (Phi) is 2.15. The summed E-state index contributed by atoms with van der Waals surface area (Å²) in [7, 11) is -3.14. The van der Waals surface area contributed by atoms with Crippen LogP contribution >= 0.6 is 11.5 Å². The van der Waals surface area contributed by atoms with Gasteiger partial charge >= 0.3 is 0 Å². The van der Waals surface area contributed by atoms with Crippen molar-refractivity contribution in [3.8, 4) is 0 Å². The van der Waals surface area contributed by atoms with Gasteiger partial charge in [-0.3, -0.25) is 4.72 Å². The van der Waals surface area contributed by atoms with Crippen molar-refractivity contribution >= 4 is 26.6 Å². The first-order valence-electron chi connectivity index (χ1n) is 2.88. The fraction of sp³-hybridized carbons (Fsp3) is 0.400. The molecule has 0 aromatic carbocycles. The van der Waals surface area contributed by atoms with Gasteiger partial charge in [-0.1, -0.05) is 0 Å². The topological polar surface area (TPSA) is 59.1 Å². The summed E-state index contributed by atoms with van der Waals surface area (Å²) in [5, 5.41) is 0.560. The summed E-state index contributed by atoms with van der Waals surface area (Å²) in [5.41, 5.74) is 0.821. The van der Waals surface area contributed by atoms with E-state index in [2.05, 4.69) is 9.10 Å². The van der Waals surface area contributed by atoms with Gasteiger partial charge in [-0.25, -0.2) is 8.42 Å². The van der Waals surface area contributed by atoms with Crippen molar-refractivity contribution in [3.63, 3.8) is 0 Å². The summed E-state index contributed by atoms with van der Waals surface area (Å²) in [6.07, 6.45) is 1.11. The van der Waals surface area contributed by atoms with Crippen molar-refractivity contribution < 1.29 is 8.42 Å². The van der Waals surface area contributed by atoms with E-state index in [1.807, 2.05) is 6.92 Å². The maximum atomic E-state index is 10.7. The largest absolute Gasteiger partial charge is 0.273 e. The molecular formula is C5H8N2O2S2. The lowest BCUT2D eigenvalue weighted by molar-refractivity contribution is 0.607. The molecule has 0 spiro atoms. The number of hydrogen-bond acceptors (Lipinski definition) is 4. The van der Waals surface area contributed by atoms with Gasteiger partial charge in [0.1, 0.15) is 5.00 Å². The average Bonchev–Trinajstić information content (AvgIpc) is 2.10. The number of rotatable bonds is 2. The molecule has 1 heterocycles. The van der Waals surface area contributed by atoms with Crippen molar-refractivity contribution in [1.82, 2.24) is 4.37 Å². The van der Waals surface area contributed by atoms with Crippen LogP contribution in [0.5, 0.6) is 0 Å². The SMILES string of the molecule is Cc1cc(NS(C)(=O)=O)sn1. The molecule has 0 aliphatic heterocycles. The van der Waals surface area contributed by atoms with Crippen molar-refractivity contribution in [2.24, 2.45) is 0 Å². The smallest absolute Gasteiger partial charge is 0.230 e. The van der Waals surface area contributed by atoms with Gasteiger partial charge in [-0.15, -0.1) is 0 Å². The Morgan fingerprint density at radius 2 is 2.27 bits per heavy atom. The number of hydrogen-bond donors (Lipinski definition) is 1. The van der Waals surface area contributed by atoms with Gasteiger partial charge in [0.25, 0.3) is 0 Å². The van der Waals surface area contributed by atoms with Crippen LogP contribution in [0.1, 0.15) is 5.69 Å². The predicted octanol–water partition coefficient (Wildman–Crippen LogP) is 0.823. The van der Waals surface area contributed by atoms with Crippen LogP contribution in [0.2, 0.25) is 0 Å². The lowest BCUT2D eigenvalue weighted by Gasteiger charge is -1.95. The van der Waals surface area contributed by atoms with E-state index in [-0.39, 0.29) is 0 Å². The second kappa shape index (κ2) is 2.78. The van der Waals surface area contributed by atoms with Crippen LogP contribution in [0, 0.1) is 6.92 Å². The molecule has 1 aromatic heterocycles. The Bertz CT molecular complexity index is 341. The van der Waals surface area contributed by atoms with Crippen LogP contribution < -0.4 is 4.72 Å². The molecule has 0 atom stereocenters. The van der Waals surface area contributed by atoms with Crippen molar-refractivity contribution in [3.05, 3.63) is 11.8 Å². The number of sulfonamides is 1. The van der Waals surface area contributed by atoms with Gasteiger partial charge in [-0.05, 0) is 24.5 Å². The van der Waals surface area contributed by atoms with Gasteiger partial charge < -0.3 is 0 Å². The molecule has 0 aliphatic carbocycles. The third-order valence-corrected chi connectivity index (χ3v) is 2.43. The lowest BCUT2D eigenvalue weighted by Crippen LogP contribution is -2.07. The van der Waals surface area contributed by atoms with E-state index in [0.717, 1.165) is 23.5 Å². The van der Waals surface area contributed by atoms with Crippen LogP contribution in [-0.2, 0) is 10.0 Å². The van der Waals surface area contributed by atoms with Gasteiger partial charge in [0, 0.05) is 0 Å². The predicted molar refractivity (Wildman–Crippen MR) is 45.3 cm³/mol. The molecule has 62 valence electrons. The molecule has 0 unspecified atom stereocenters. The van der Waals surface area contributed by atoms with Gasteiger partial charge in [0.2, 0.25) is 10.0 Å². The van der Waals surface area contributed by atoms with E-state index in [0.29, 0.717) is 5.00 Å². The first-order valence-corrected chi connectivity index (χ1v) is 5.55. The fourth-order valence-corrected chi connectivity index (χ4v) is 2.14. The van der Waals surface area contributed by atoms with E-state index in [1.54, 1.807) is 6.07 Å². The zero-order chi connectivity index (χ0) is 8.48. The van der Waals surface area contributed by atoms with Crippen LogP contribution in [-0.4, -0.2) is 19.0 Å². The summed E-state index contributed by atoms with van der Waals surface area (Å²) in [6.45, 7) is 1.81. The molecule has 0 amide bonds. The lowest BCUT2D eigenvalue weighted by atomic mass is 10.5. The first kappa shape index (κ1) is 8.48. The Morgan fingerprint density at radius 3 is 2.64 bits per heavy atom.